The van der Waals surface area contributed by atoms with E-state index in [1.54, 1.807) is 0 Å². The summed E-state index contributed by atoms with van der Waals surface area (Å²) in [5.41, 5.74) is 5.30. The lowest BCUT2D eigenvalue weighted by Crippen LogP contribution is -2.43. The largest absolute Gasteiger partial charge is 0.370 e. The quantitative estimate of drug-likeness (QED) is 0.589. The van der Waals surface area contributed by atoms with Crippen molar-refractivity contribution in [1.29, 1.82) is 0 Å². The van der Waals surface area contributed by atoms with Crippen LogP contribution >= 0.6 is 0 Å². The Bertz CT molecular complexity index is 193. The number of carbonyl (C=O) groups excluding carboxylic acids is 1. The second-order valence-electron chi connectivity index (χ2n) is 3.59. The first kappa shape index (κ1) is 7.25. The topological polar surface area (TPSA) is 52.3 Å². The van der Waals surface area contributed by atoms with Gasteiger partial charge in [-0.3, -0.25) is 4.79 Å². The van der Waals surface area contributed by atoms with Gasteiger partial charge in [-0.25, -0.2) is 0 Å². The molecule has 2 saturated heterocycles. The molecule has 0 aromatic heterocycles. The van der Waals surface area contributed by atoms with Gasteiger partial charge in [0.15, 0.2) is 0 Å². The minimum Gasteiger partial charge on any atom is -0.370 e. The summed E-state index contributed by atoms with van der Waals surface area (Å²) < 4.78 is 5.66. The van der Waals surface area contributed by atoms with Gasteiger partial charge in [-0.1, -0.05) is 0 Å². The van der Waals surface area contributed by atoms with E-state index < -0.39 is 0 Å². The zero-order valence-electron chi connectivity index (χ0n) is 6.51. The lowest BCUT2D eigenvalue weighted by Gasteiger charge is -2.31. The first-order valence-corrected chi connectivity index (χ1v) is 4.14. The van der Waals surface area contributed by atoms with Gasteiger partial charge in [0.1, 0.15) is 5.78 Å². The van der Waals surface area contributed by atoms with Crippen LogP contribution in [0.15, 0.2) is 0 Å². The molecular formula is C8H13NO2. The van der Waals surface area contributed by atoms with E-state index in [1.165, 1.54) is 0 Å². The molecule has 0 radical (unpaired) electrons. The molecule has 2 rings (SSSR count). The van der Waals surface area contributed by atoms with Crippen LogP contribution in [0.5, 0.6) is 0 Å². The summed E-state index contributed by atoms with van der Waals surface area (Å²) in [6.07, 6.45) is 3.32. The third-order valence-corrected chi connectivity index (χ3v) is 2.69. The summed E-state index contributed by atoms with van der Waals surface area (Å²) in [7, 11) is 0. The molecule has 2 heterocycles. The van der Waals surface area contributed by atoms with Crippen LogP contribution in [-0.4, -0.2) is 24.0 Å². The number of hydrogen-bond acceptors (Lipinski definition) is 3. The molecule has 0 spiro atoms. The van der Waals surface area contributed by atoms with Crippen LogP contribution in [0.4, 0.5) is 0 Å². The Balaban J connectivity index is 2.18. The predicted octanol–water partition coefficient (Wildman–Crippen LogP) is 0.226. The maximum absolute atomic E-state index is 11.2. The van der Waals surface area contributed by atoms with Gasteiger partial charge >= 0.3 is 0 Å². The fourth-order valence-corrected chi connectivity index (χ4v) is 2.08. The summed E-state index contributed by atoms with van der Waals surface area (Å²) in [6, 6.07) is 0. The van der Waals surface area contributed by atoms with Gasteiger partial charge in [0, 0.05) is 19.4 Å². The number of ether oxygens (including phenoxy) is 1. The van der Waals surface area contributed by atoms with Crippen molar-refractivity contribution in [3.63, 3.8) is 0 Å². The molecule has 0 aliphatic carbocycles. The molecule has 3 nitrogen and oxygen atoms in total. The highest BCUT2D eigenvalue weighted by atomic mass is 16.5. The normalized spacial score (nSPS) is 43.0. The second kappa shape index (κ2) is 2.29. The molecular weight excluding hydrogens is 142 g/mol. The molecule has 0 amide bonds. The van der Waals surface area contributed by atoms with Crippen LogP contribution in [-0.2, 0) is 9.53 Å². The lowest BCUT2D eigenvalue weighted by atomic mass is 9.94. The molecule has 0 saturated carbocycles. The minimum absolute atomic E-state index is 0.180. The van der Waals surface area contributed by atoms with E-state index >= 15 is 0 Å². The van der Waals surface area contributed by atoms with Gasteiger partial charge in [-0.05, 0) is 12.8 Å². The number of carbonyl (C=O) groups is 1. The third-order valence-electron chi connectivity index (χ3n) is 2.69. The van der Waals surface area contributed by atoms with Gasteiger partial charge in [0.25, 0.3) is 0 Å². The zero-order chi connectivity index (χ0) is 7.90. The molecule has 0 aromatic carbocycles. The Morgan fingerprint density at radius 2 is 2.55 bits per heavy atom. The maximum atomic E-state index is 11.2. The molecule has 0 unspecified atom stereocenters. The van der Waals surface area contributed by atoms with Gasteiger partial charge in [0.05, 0.1) is 11.7 Å². The lowest BCUT2D eigenvalue weighted by molar-refractivity contribution is -0.138. The van der Waals surface area contributed by atoms with Crippen molar-refractivity contribution in [2.75, 3.05) is 6.54 Å². The van der Waals surface area contributed by atoms with E-state index in [9.17, 15) is 4.79 Å². The van der Waals surface area contributed by atoms with E-state index in [2.05, 4.69) is 0 Å². The van der Waals surface area contributed by atoms with E-state index in [0.29, 0.717) is 25.2 Å². The predicted molar refractivity (Wildman–Crippen MR) is 40.1 cm³/mol. The summed E-state index contributed by atoms with van der Waals surface area (Å²) in [5.74, 6) is 0.323. The fourth-order valence-electron chi connectivity index (χ4n) is 2.08. The molecule has 2 N–H and O–H groups in total. The summed E-state index contributed by atoms with van der Waals surface area (Å²) >= 11 is 0. The van der Waals surface area contributed by atoms with Crippen LogP contribution < -0.4 is 5.73 Å². The van der Waals surface area contributed by atoms with Gasteiger partial charge in [0.2, 0.25) is 0 Å². The molecule has 2 bridgehead atoms. The average Bonchev–Trinajstić information content (AvgIpc) is 2.28. The van der Waals surface area contributed by atoms with Crippen molar-refractivity contribution < 1.29 is 9.53 Å². The first-order valence-electron chi connectivity index (χ1n) is 4.14. The van der Waals surface area contributed by atoms with Crippen molar-refractivity contribution in [2.24, 2.45) is 5.73 Å². The summed E-state index contributed by atoms with van der Waals surface area (Å²) in [4.78, 5) is 11.2. The Labute approximate surface area is 65.9 Å². The summed E-state index contributed by atoms with van der Waals surface area (Å²) in [6.45, 7) is 0.495. The molecule has 2 aliphatic heterocycles. The molecule has 2 atom stereocenters. The Morgan fingerprint density at radius 3 is 3.27 bits per heavy atom. The van der Waals surface area contributed by atoms with E-state index in [1.807, 2.05) is 0 Å². The SMILES string of the molecule is NC[C@]12CC[C@@H](CC(=O)C1)O2. The molecule has 2 aliphatic rings. The van der Waals surface area contributed by atoms with Crippen molar-refractivity contribution in [3.05, 3.63) is 0 Å². The summed E-state index contributed by atoms with van der Waals surface area (Å²) in [5, 5.41) is 0. The van der Waals surface area contributed by atoms with E-state index in [-0.39, 0.29) is 11.7 Å². The maximum Gasteiger partial charge on any atom is 0.138 e. The van der Waals surface area contributed by atoms with Crippen LogP contribution in [0.25, 0.3) is 0 Å². The molecule has 3 heteroatoms. The second-order valence-corrected chi connectivity index (χ2v) is 3.59. The number of Topliss-reactive ketones (excluding diaryl/α,β-unsaturated/α-hetero) is 1. The van der Waals surface area contributed by atoms with Crippen molar-refractivity contribution >= 4 is 5.78 Å². The Kier molecular flexibility index (Phi) is 1.51. The van der Waals surface area contributed by atoms with Crippen LogP contribution in [0, 0.1) is 0 Å². The van der Waals surface area contributed by atoms with Crippen LogP contribution in [0.1, 0.15) is 25.7 Å². The Morgan fingerprint density at radius 1 is 1.73 bits per heavy atom. The number of fused-ring (bicyclic) bond motifs is 2. The highest BCUT2D eigenvalue weighted by molar-refractivity contribution is 5.81. The first-order chi connectivity index (χ1) is 5.24. The monoisotopic (exact) mass is 155 g/mol. The minimum atomic E-state index is -0.264. The van der Waals surface area contributed by atoms with Gasteiger partial charge < -0.3 is 10.5 Å². The standard InChI is InChI=1S/C8H13NO2/c9-5-8-2-1-7(11-8)3-6(10)4-8/h7H,1-5,9H2/t7-,8-/m0/s1. The highest BCUT2D eigenvalue weighted by Gasteiger charge is 2.45. The molecule has 11 heavy (non-hydrogen) atoms. The zero-order valence-corrected chi connectivity index (χ0v) is 6.51. The Hall–Kier alpha value is -0.410. The van der Waals surface area contributed by atoms with Crippen molar-refractivity contribution in [3.8, 4) is 0 Å². The average molecular weight is 155 g/mol. The number of ketones is 1. The van der Waals surface area contributed by atoms with Crippen molar-refractivity contribution in [1.82, 2.24) is 0 Å². The smallest absolute Gasteiger partial charge is 0.138 e. The van der Waals surface area contributed by atoms with Gasteiger partial charge in [-0.2, -0.15) is 0 Å². The third kappa shape index (κ3) is 1.08. The van der Waals surface area contributed by atoms with E-state index in [0.717, 1.165) is 12.8 Å². The molecule has 0 aromatic rings. The number of hydrogen-bond donors (Lipinski definition) is 1. The van der Waals surface area contributed by atoms with Gasteiger partial charge in [-0.15, -0.1) is 0 Å². The van der Waals surface area contributed by atoms with Crippen molar-refractivity contribution in [2.45, 2.75) is 37.4 Å². The number of nitrogens with two attached hydrogens (primary N) is 1. The highest BCUT2D eigenvalue weighted by Crippen LogP contribution is 2.38. The van der Waals surface area contributed by atoms with E-state index in [4.69, 9.17) is 10.5 Å². The number of rotatable bonds is 1. The van der Waals surface area contributed by atoms with Crippen LogP contribution in [0.2, 0.25) is 0 Å². The fraction of sp³-hybridized carbons (Fsp3) is 0.875. The molecule has 2 fully saturated rings. The molecule has 62 valence electrons. The van der Waals surface area contributed by atoms with Crippen LogP contribution in [0.3, 0.4) is 0 Å².